The summed E-state index contributed by atoms with van der Waals surface area (Å²) in [7, 11) is -0.257. The minimum absolute atomic E-state index is 0.257. The second-order valence-electron chi connectivity index (χ2n) is 3.40. The maximum Gasteiger partial charge on any atom is 0.0628 e. The van der Waals surface area contributed by atoms with Crippen LogP contribution in [0.4, 0.5) is 0 Å². The molecule has 0 nitrogen and oxygen atoms in total. The maximum absolute atomic E-state index is 6.22. The van der Waals surface area contributed by atoms with Crippen molar-refractivity contribution in [2.75, 3.05) is 0 Å². The molecule has 2 rings (SSSR count). The van der Waals surface area contributed by atoms with Crippen LogP contribution in [-0.2, 0) is 6.16 Å². The zero-order chi connectivity index (χ0) is 9.97. The van der Waals surface area contributed by atoms with E-state index in [1.807, 2.05) is 6.07 Å². The summed E-state index contributed by atoms with van der Waals surface area (Å²) in [5, 5.41) is 0. The summed E-state index contributed by atoms with van der Waals surface area (Å²) in [4.78, 5) is 0. The second kappa shape index (κ2) is 4.21. The van der Waals surface area contributed by atoms with E-state index in [4.69, 9.17) is 11.6 Å². The predicted molar refractivity (Wildman–Crippen MR) is 64.4 cm³/mol. The lowest BCUT2D eigenvalue weighted by molar-refractivity contribution is 1.41. The Morgan fingerprint density at radius 3 is 2.43 bits per heavy atom. The highest BCUT2D eigenvalue weighted by Gasteiger charge is 2.04. The first-order valence-corrected chi connectivity index (χ1v) is 6.60. The third kappa shape index (κ3) is 2.03. The number of aryl methyl sites for hydroxylation is 1. The summed E-state index contributed by atoms with van der Waals surface area (Å²) in [5.41, 5.74) is 2.60. The van der Waals surface area contributed by atoms with Crippen molar-refractivity contribution >= 4 is 19.1 Å². The minimum Gasteiger partial charge on any atom is -0.101 e. The molecular formula is C12H12ClP. The van der Waals surface area contributed by atoms with Crippen molar-refractivity contribution in [3.63, 3.8) is 0 Å². The minimum atomic E-state index is -0.257. The van der Waals surface area contributed by atoms with E-state index in [-0.39, 0.29) is 7.53 Å². The summed E-state index contributed by atoms with van der Waals surface area (Å²) >= 11 is 6.22. The molecule has 0 radical (unpaired) electrons. The fraction of sp³-hybridized carbons (Fsp3) is 0.167. The largest absolute Gasteiger partial charge is 0.101 e. The first kappa shape index (κ1) is 9.83. The monoisotopic (exact) mass is 222 g/mol. The average Bonchev–Trinajstić information content (AvgIpc) is 2.52. The topological polar surface area (TPSA) is 0 Å². The van der Waals surface area contributed by atoms with Gasteiger partial charge in [0.1, 0.15) is 0 Å². The molecule has 0 aliphatic heterocycles. The van der Waals surface area contributed by atoms with Crippen LogP contribution in [0.25, 0.3) is 0 Å². The fourth-order valence-corrected chi connectivity index (χ4v) is 3.79. The predicted octanol–water partition coefficient (Wildman–Crippen LogP) is 4.68. The summed E-state index contributed by atoms with van der Waals surface area (Å²) in [6, 6.07) is 12.7. The average molecular weight is 223 g/mol. The van der Waals surface area contributed by atoms with Crippen molar-refractivity contribution in [3.05, 3.63) is 58.1 Å². The molecule has 0 bridgehead atoms. The van der Waals surface area contributed by atoms with Crippen LogP contribution in [-0.4, -0.2) is 0 Å². The normalized spacial score (nSPS) is 11.7. The first-order chi connectivity index (χ1) is 6.77. The Balaban J connectivity index is 2.23. The van der Waals surface area contributed by atoms with Gasteiger partial charge in [0.15, 0.2) is 0 Å². The van der Waals surface area contributed by atoms with Crippen LogP contribution in [0.3, 0.4) is 0 Å². The highest BCUT2D eigenvalue weighted by atomic mass is 35.5. The Morgan fingerprint density at radius 1 is 1.14 bits per heavy atom. The Hall–Kier alpha value is -0.710. The molecule has 0 N–H and O–H groups in total. The quantitative estimate of drug-likeness (QED) is 0.692. The van der Waals surface area contributed by atoms with Crippen molar-refractivity contribution in [1.82, 2.24) is 0 Å². The molecule has 0 fully saturated rings. The number of rotatable bonds is 2. The molecule has 1 aromatic heterocycles. The van der Waals surface area contributed by atoms with Gasteiger partial charge in [-0.2, -0.15) is 0 Å². The zero-order valence-corrected chi connectivity index (χ0v) is 9.72. The molecule has 0 amide bonds. The number of benzene rings is 1. The van der Waals surface area contributed by atoms with E-state index in [0.717, 1.165) is 10.9 Å². The van der Waals surface area contributed by atoms with Gasteiger partial charge in [-0.3, -0.25) is 0 Å². The van der Waals surface area contributed by atoms with Crippen LogP contribution < -0.4 is 0 Å². The summed E-state index contributed by atoms with van der Waals surface area (Å²) in [5.74, 6) is 2.25. The van der Waals surface area contributed by atoms with Crippen LogP contribution in [0.1, 0.15) is 11.1 Å². The molecule has 0 aliphatic carbocycles. The van der Waals surface area contributed by atoms with E-state index in [9.17, 15) is 0 Å². The fourth-order valence-electron chi connectivity index (χ4n) is 1.46. The maximum atomic E-state index is 6.22. The van der Waals surface area contributed by atoms with E-state index in [1.54, 1.807) is 0 Å². The lowest BCUT2D eigenvalue weighted by Gasteiger charge is -2.00. The molecule has 2 heteroatoms. The lowest BCUT2D eigenvalue weighted by atomic mass is 10.2. The van der Waals surface area contributed by atoms with Crippen molar-refractivity contribution < 1.29 is 0 Å². The van der Waals surface area contributed by atoms with Crippen LogP contribution in [0, 0.1) is 6.92 Å². The third-order valence-electron chi connectivity index (χ3n) is 2.28. The highest BCUT2D eigenvalue weighted by Crippen LogP contribution is 2.43. The second-order valence-corrected chi connectivity index (χ2v) is 6.05. The summed E-state index contributed by atoms with van der Waals surface area (Å²) < 4.78 is 1.06. The molecule has 1 atom stereocenters. The molecule has 1 aromatic carbocycles. The first-order valence-electron chi connectivity index (χ1n) is 4.62. The molecule has 0 aliphatic rings. The van der Waals surface area contributed by atoms with E-state index in [0.29, 0.717) is 0 Å². The molecule has 72 valence electrons. The molecular weight excluding hydrogens is 211 g/mol. The van der Waals surface area contributed by atoms with Crippen LogP contribution >= 0.6 is 19.1 Å². The molecule has 0 spiro atoms. The standard InChI is InChI=1S/C12H12ClP/c1-10-7-8-14(12(10)13)9-11-5-3-2-4-6-11/h2-8H,9H2,1H3. The van der Waals surface area contributed by atoms with Gasteiger partial charge in [-0.05, 0) is 23.8 Å². The van der Waals surface area contributed by atoms with Gasteiger partial charge in [-0.15, -0.1) is 7.53 Å². The zero-order valence-electron chi connectivity index (χ0n) is 8.07. The van der Waals surface area contributed by atoms with Gasteiger partial charge < -0.3 is 0 Å². The SMILES string of the molecule is Cc1ccp(Cc2ccccc2)c1Cl. The molecule has 2 aromatic rings. The molecule has 1 heterocycles. The Kier molecular flexibility index (Phi) is 2.96. The Bertz CT molecular complexity index is 417. The molecule has 14 heavy (non-hydrogen) atoms. The number of hydrogen-bond donors (Lipinski definition) is 0. The van der Waals surface area contributed by atoms with E-state index < -0.39 is 0 Å². The highest BCUT2D eigenvalue weighted by molar-refractivity contribution is 7.51. The van der Waals surface area contributed by atoms with Gasteiger partial charge in [0.25, 0.3) is 0 Å². The van der Waals surface area contributed by atoms with Gasteiger partial charge in [-0.25, -0.2) is 0 Å². The van der Waals surface area contributed by atoms with Gasteiger partial charge in [0, 0.05) is 6.16 Å². The van der Waals surface area contributed by atoms with Crippen molar-refractivity contribution in [1.29, 1.82) is 0 Å². The number of hydrogen-bond acceptors (Lipinski definition) is 0. The third-order valence-corrected chi connectivity index (χ3v) is 5.30. The van der Waals surface area contributed by atoms with E-state index in [1.165, 1.54) is 11.1 Å². The summed E-state index contributed by atoms with van der Waals surface area (Å²) in [6.45, 7) is 2.08. The van der Waals surface area contributed by atoms with Gasteiger partial charge in [0.2, 0.25) is 0 Å². The Morgan fingerprint density at radius 2 is 1.86 bits per heavy atom. The lowest BCUT2D eigenvalue weighted by Crippen LogP contribution is -1.75. The molecule has 0 saturated carbocycles. The van der Waals surface area contributed by atoms with E-state index in [2.05, 4.69) is 43.1 Å². The van der Waals surface area contributed by atoms with Gasteiger partial charge >= 0.3 is 0 Å². The van der Waals surface area contributed by atoms with Gasteiger partial charge in [-0.1, -0.05) is 48.0 Å². The van der Waals surface area contributed by atoms with Crippen LogP contribution in [0.5, 0.6) is 0 Å². The van der Waals surface area contributed by atoms with Crippen molar-refractivity contribution in [3.8, 4) is 0 Å². The van der Waals surface area contributed by atoms with Crippen molar-refractivity contribution in [2.24, 2.45) is 0 Å². The molecule has 1 unspecified atom stereocenters. The molecule has 0 saturated heterocycles. The van der Waals surface area contributed by atoms with Crippen LogP contribution in [0.15, 0.2) is 42.2 Å². The van der Waals surface area contributed by atoms with Crippen LogP contribution in [0.2, 0.25) is 4.75 Å². The number of halogens is 1. The van der Waals surface area contributed by atoms with Gasteiger partial charge in [0.05, 0.1) is 4.75 Å². The van der Waals surface area contributed by atoms with E-state index >= 15 is 0 Å². The Labute approximate surface area is 90.6 Å². The van der Waals surface area contributed by atoms with Crippen molar-refractivity contribution in [2.45, 2.75) is 13.1 Å². The smallest absolute Gasteiger partial charge is 0.0628 e. The summed E-state index contributed by atoms with van der Waals surface area (Å²) in [6.07, 6.45) is 1.07.